The second kappa shape index (κ2) is 7.84. The molecule has 2 N–H and O–H groups in total. The number of para-hydroxylation sites is 2. The summed E-state index contributed by atoms with van der Waals surface area (Å²) < 4.78 is 18.4. The number of halogens is 2. The SMILES string of the molecule is COc1ccccc1NC(=O)c1ccc(Nc2ccc(F)c(Cl)c2)nc1. The Morgan fingerprint density at radius 1 is 1.15 bits per heavy atom. The van der Waals surface area contributed by atoms with Crippen molar-refractivity contribution in [2.45, 2.75) is 0 Å². The van der Waals surface area contributed by atoms with Gasteiger partial charge in [-0.05, 0) is 42.5 Å². The number of rotatable bonds is 5. The van der Waals surface area contributed by atoms with E-state index in [-0.39, 0.29) is 10.9 Å². The van der Waals surface area contributed by atoms with Gasteiger partial charge in [0.2, 0.25) is 0 Å². The van der Waals surface area contributed by atoms with E-state index < -0.39 is 5.82 Å². The Morgan fingerprint density at radius 2 is 1.96 bits per heavy atom. The minimum Gasteiger partial charge on any atom is -0.495 e. The van der Waals surface area contributed by atoms with Crippen LogP contribution in [0.15, 0.2) is 60.8 Å². The topological polar surface area (TPSA) is 63.2 Å². The molecule has 0 aliphatic rings. The summed E-state index contributed by atoms with van der Waals surface area (Å²) in [5.74, 6) is 0.272. The number of hydrogen-bond donors (Lipinski definition) is 2. The van der Waals surface area contributed by atoms with Crippen LogP contribution in [-0.4, -0.2) is 18.0 Å². The van der Waals surface area contributed by atoms with Crippen molar-refractivity contribution in [3.8, 4) is 5.75 Å². The lowest BCUT2D eigenvalue weighted by molar-refractivity contribution is 0.102. The average Bonchev–Trinajstić information content (AvgIpc) is 2.66. The van der Waals surface area contributed by atoms with E-state index in [4.69, 9.17) is 16.3 Å². The van der Waals surface area contributed by atoms with E-state index in [1.807, 2.05) is 6.07 Å². The van der Waals surface area contributed by atoms with Gasteiger partial charge in [-0.25, -0.2) is 9.37 Å². The number of aromatic nitrogens is 1. The molecule has 3 rings (SSSR count). The molecule has 0 aliphatic carbocycles. The van der Waals surface area contributed by atoms with Crippen LogP contribution in [0.1, 0.15) is 10.4 Å². The molecule has 0 unspecified atom stereocenters. The molecule has 5 nitrogen and oxygen atoms in total. The van der Waals surface area contributed by atoms with Gasteiger partial charge in [0, 0.05) is 11.9 Å². The maximum absolute atomic E-state index is 13.2. The number of hydrogen-bond acceptors (Lipinski definition) is 4. The number of ether oxygens (including phenoxy) is 1. The fourth-order valence-corrected chi connectivity index (χ4v) is 2.45. The van der Waals surface area contributed by atoms with Gasteiger partial charge in [-0.2, -0.15) is 0 Å². The normalized spacial score (nSPS) is 10.3. The zero-order valence-electron chi connectivity index (χ0n) is 13.8. The van der Waals surface area contributed by atoms with Crippen molar-refractivity contribution in [1.82, 2.24) is 4.98 Å². The van der Waals surface area contributed by atoms with Crippen molar-refractivity contribution < 1.29 is 13.9 Å². The Morgan fingerprint density at radius 3 is 2.65 bits per heavy atom. The molecule has 0 radical (unpaired) electrons. The molecule has 0 saturated carbocycles. The van der Waals surface area contributed by atoms with Gasteiger partial charge in [0.1, 0.15) is 17.4 Å². The molecular weight excluding hydrogens is 357 g/mol. The lowest BCUT2D eigenvalue weighted by Crippen LogP contribution is -2.13. The number of methoxy groups -OCH3 is 1. The summed E-state index contributed by atoms with van der Waals surface area (Å²) in [6.45, 7) is 0. The van der Waals surface area contributed by atoms with Gasteiger partial charge in [0.25, 0.3) is 5.91 Å². The maximum atomic E-state index is 13.2. The summed E-state index contributed by atoms with van der Waals surface area (Å²) in [4.78, 5) is 16.5. The van der Waals surface area contributed by atoms with Gasteiger partial charge in [0.05, 0.1) is 23.4 Å². The largest absolute Gasteiger partial charge is 0.495 e. The Kier molecular flexibility index (Phi) is 5.34. The van der Waals surface area contributed by atoms with Crippen LogP contribution < -0.4 is 15.4 Å². The number of pyridine rings is 1. The van der Waals surface area contributed by atoms with Gasteiger partial charge < -0.3 is 15.4 Å². The first-order valence-corrected chi connectivity index (χ1v) is 8.07. The fraction of sp³-hybridized carbons (Fsp3) is 0.0526. The molecule has 3 aromatic rings. The number of carbonyl (C=O) groups excluding carboxylic acids is 1. The number of benzene rings is 2. The quantitative estimate of drug-likeness (QED) is 0.671. The Labute approximate surface area is 154 Å². The van der Waals surface area contributed by atoms with E-state index in [0.29, 0.717) is 28.5 Å². The third-order valence-electron chi connectivity index (χ3n) is 3.57. The van der Waals surface area contributed by atoms with Gasteiger partial charge in [-0.1, -0.05) is 23.7 Å². The van der Waals surface area contributed by atoms with Crippen LogP contribution >= 0.6 is 11.6 Å². The number of nitrogens with one attached hydrogen (secondary N) is 2. The number of carbonyl (C=O) groups is 1. The van der Waals surface area contributed by atoms with Crippen LogP contribution in [0.25, 0.3) is 0 Å². The van der Waals surface area contributed by atoms with Gasteiger partial charge in [-0.3, -0.25) is 4.79 Å². The van der Waals surface area contributed by atoms with E-state index in [9.17, 15) is 9.18 Å². The first kappa shape index (κ1) is 17.7. The highest BCUT2D eigenvalue weighted by atomic mass is 35.5. The van der Waals surface area contributed by atoms with Crippen molar-refractivity contribution >= 4 is 34.7 Å². The summed E-state index contributed by atoms with van der Waals surface area (Å²) >= 11 is 5.75. The van der Waals surface area contributed by atoms with Gasteiger partial charge >= 0.3 is 0 Å². The predicted molar refractivity (Wildman–Crippen MR) is 99.9 cm³/mol. The Balaban J connectivity index is 1.70. The standard InChI is InChI=1S/C19H15ClFN3O2/c1-26-17-5-3-2-4-16(17)24-19(25)12-6-9-18(22-11-12)23-13-7-8-15(21)14(20)10-13/h2-11H,1H3,(H,22,23)(H,24,25). The molecule has 0 saturated heterocycles. The van der Waals surface area contributed by atoms with Crippen LogP contribution in [-0.2, 0) is 0 Å². The van der Waals surface area contributed by atoms with E-state index in [1.165, 1.54) is 25.4 Å². The summed E-state index contributed by atoms with van der Waals surface area (Å²) in [5.41, 5.74) is 1.55. The van der Waals surface area contributed by atoms with Crippen molar-refractivity contribution in [2.24, 2.45) is 0 Å². The van der Waals surface area contributed by atoms with Crippen LogP contribution in [0.2, 0.25) is 5.02 Å². The predicted octanol–water partition coefficient (Wildman–Crippen LogP) is 4.88. The zero-order valence-corrected chi connectivity index (χ0v) is 14.5. The molecule has 2 aromatic carbocycles. The van der Waals surface area contributed by atoms with Gasteiger partial charge in [0.15, 0.2) is 0 Å². The summed E-state index contributed by atoms with van der Waals surface area (Å²) in [5, 5.41) is 5.79. The summed E-state index contributed by atoms with van der Waals surface area (Å²) in [7, 11) is 1.54. The number of nitrogens with zero attached hydrogens (tertiary/aromatic N) is 1. The second-order valence-corrected chi connectivity index (χ2v) is 5.75. The molecular formula is C19H15ClFN3O2. The van der Waals surface area contributed by atoms with Crippen LogP contribution in [0.5, 0.6) is 5.75 Å². The summed E-state index contributed by atoms with van der Waals surface area (Å²) in [6.07, 6.45) is 1.44. The van der Waals surface area contributed by atoms with E-state index >= 15 is 0 Å². The van der Waals surface area contributed by atoms with Crippen LogP contribution in [0, 0.1) is 5.82 Å². The summed E-state index contributed by atoms with van der Waals surface area (Å²) in [6, 6.07) is 14.7. The van der Waals surface area contributed by atoms with Crippen molar-refractivity contribution in [3.05, 3.63) is 77.2 Å². The molecule has 132 valence electrons. The average molecular weight is 372 g/mol. The second-order valence-electron chi connectivity index (χ2n) is 5.34. The molecule has 26 heavy (non-hydrogen) atoms. The molecule has 1 amide bonds. The zero-order chi connectivity index (χ0) is 18.5. The Hall–Kier alpha value is -3.12. The van der Waals surface area contributed by atoms with E-state index in [1.54, 1.807) is 36.4 Å². The highest BCUT2D eigenvalue weighted by Gasteiger charge is 2.10. The third kappa shape index (κ3) is 4.10. The lowest BCUT2D eigenvalue weighted by Gasteiger charge is -2.10. The fourth-order valence-electron chi connectivity index (χ4n) is 2.27. The van der Waals surface area contributed by atoms with E-state index in [0.717, 1.165) is 0 Å². The third-order valence-corrected chi connectivity index (χ3v) is 3.86. The Bertz CT molecular complexity index is 932. The highest BCUT2D eigenvalue weighted by molar-refractivity contribution is 6.31. The lowest BCUT2D eigenvalue weighted by atomic mass is 10.2. The van der Waals surface area contributed by atoms with Gasteiger partial charge in [-0.15, -0.1) is 0 Å². The van der Waals surface area contributed by atoms with Crippen LogP contribution in [0.4, 0.5) is 21.6 Å². The molecule has 1 aromatic heterocycles. The first-order valence-electron chi connectivity index (χ1n) is 7.69. The maximum Gasteiger partial charge on any atom is 0.257 e. The smallest absolute Gasteiger partial charge is 0.257 e. The minimum absolute atomic E-state index is 0.0165. The van der Waals surface area contributed by atoms with Crippen molar-refractivity contribution in [1.29, 1.82) is 0 Å². The molecule has 0 spiro atoms. The van der Waals surface area contributed by atoms with Crippen molar-refractivity contribution in [2.75, 3.05) is 17.7 Å². The van der Waals surface area contributed by atoms with E-state index in [2.05, 4.69) is 15.6 Å². The monoisotopic (exact) mass is 371 g/mol. The molecule has 0 bridgehead atoms. The highest BCUT2D eigenvalue weighted by Crippen LogP contribution is 2.24. The minimum atomic E-state index is -0.492. The molecule has 0 fully saturated rings. The molecule has 1 heterocycles. The van der Waals surface area contributed by atoms with Crippen molar-refractivity contribution in [3.63, 3.8) is 0 Å². The molecule has 0 atom stereocenters. The van der Waals surface area contributed by atoms with Crippen LogP contribution in [0.3, 0.4) is 0 Å². The number of anilines is 3. The molecule has 0 aliphatic heterocycles. The molecule has 7 heteroatoms. The number of amides is 1. The first-order chi connectivity index (χ1) is 12.6.